The minimum atomic E-state index is -3.15. The zero-order chi connectivity index (χ0) is 25.9. The summed E-state index contributed by atoms with van der Waals surface area (Å²) < 4.78 is 57.7. The Hall–Kier alpha value is -3.58. The van der Waals surface area contributed by atoms with Crippen molar-refractivity contribution in [1.82, 2.24) is 10.2 Å². The summed E-state index contributed by atoms with van der Waals surface area (Å²) in [6.07, 6.45) is -1.61. The lowest BCUT2D eigenvalue weighted by molar-refractivity contribution is -0.154. The van der Waals surface area contributed by atoms with Gasteiger partial charge < -0.3 is 31.0 Å². The number of hydrogen-bond acceptors (Lipinski definition) is 6. The number of aliphatic hydroxyl groups is 1. The first-order valence-electron chi connectivity index (χ1n) is 9.99. The molecule has 2 unspecified atom stereocenters. The van der Waals surface area contributed by atoms with Crippen molar-refractivity contribution in [3.8, 4) is 5.75 Å². The van der Waals surface area contributed by atoms with Crippen molar-refractivity contribution in [3.63, 3.8) is 0 Å². The van der Waals surface area contributed by atoms with Crippen molar-refractivity contribution in [2.24, 2.45) is 10.9 Å². The third-order valence-electron chi connectivity index (χ3n) is 5.26. The molecule has 0 spiro atoms. The van der Waals surface area contributed by atoms with Crippen LogP contribution in [0.5, 0.6) is 5.75 Å². The van der Waals surface area contributed by atoms with E-state index in [4.69, 9.17) is 22.5 Å². The first-order chi connectivity index (χ1) is 16.5. The molecule has 9 nitrogen and oxygen atoms in total. The van der Waals surface area contributed by atoms with Crippen LogP contribution in [0, 0.1) is 11.6 Å². The fourth-order valence-electron chi connectivity index (χ4n) is 3.41. The summed E-state index contributed by atoms with van der Waals surface area (Å²) in [5.74, 6) is -4.60. The zero-order valence-corrected chi connectivity index (χ0v) is 18.5. The second-order valence-corrected chi connectivity index (χ2v) is 7.90. The van der Waals surface area contributed by atoms with Gasteiger partial charge in [0, 0.05) is 29.2 Å². The lowest BCUT2D eigenvalue weighted by Gasteiger charge is -2.40. The van der Waals surface area contributed by atoms with E-state index in [-0.39, 0.29) is 34.9 Å². The molecule has 1 aliphatic rings. The number of amides is 2. The molecule has 5 N–H and O–H groups in total. The highest BCUT2D eigenvalue weighted by atomic mass is 35.5. The maximum atomic E-state index is 14.2. The van der Waals surface area contributed by atoms with Gasteiger partial charge in [0.1, 0.15) is 23.4 Å². The molecule has 2 amide bonds. The van der Waals surface area contributed by atoms with Gasteiger partial charge in [-0.15, -0.1) is 0 Å². The van der Waals surface area contributed by atoms with Gasteiger partial charge in [0.25, 0.3) is 5.91 Å². The van der Waals surface area contributed by atoms with Crippen LogP contribution in [0.1, 0.15) is 29.2 Å². The molecule has 2 aromatic rings. The number of nitrogens with two attached hydrogens (primary N) is 1. The molecule has 0 bridgehead atoms. The highest BCUT2D eigenvalue weighted by Crippen LogP contribution is 2.30. The number of aliphatic hydroxyl groups excluding tert-OH is 1. The molecule has 2 atom stereocenters. The number of nitrogens with zero attached hydrogens (tertiary/aromatic N) is 2. The second kappa shape index (κ2) is 10.8. The summed E-state index contributed by atoms with van der Waals surface area (Å²) in [5, 5.41) is 23.9. The fourth-order valence-corrected chi connectivity index (χ4v) is 3.64. The van der Waals surface area contributed by atoms with Crippen LogP contribution in [-0.2, 0) is 16.1 Å². The molecule has 0 radical (unpaired) electrons. The molecular formula is C21H19ClF4N4O5. The van der Waals surface area contributed by atoms with Crippen LogP contribution in [0.15, 0.2) is 35.5 Å². The Morgan fingerprint density at radius 2 is 1.89 bits per heavy atom. The molecule has 0 aliphatic carbocycles. The number of ether oxygens (including phenoxy) is 1. The number of oxime groups is 1. The third-order valence-corrected chi connectivity index (χ3v) is 5.48. The SMILES string of the molecule is N/C(=N\O)c1cc(F)c(CNC(=O)C2CCN2C(=O)C(O)c2cc(Cl)cc(OC(F)F)c2)c(F)c1. The molecule has 1 saturated heterocycles. The van der Waals surface area contributed by atoms with Gasteiger partial charge in [-0.1, -0.05) is 16.8 Å². The Morgan fingerprint density at radius 3 is 2.43 bits per heavy atom. The predicted octanol–water partition coefficient (Wildman–Crippen LogP) is 2.26. The van der Waals surface area contributed by atoms with Crippen LogP contribution in [-0.4, -0.2) is 52.1 Å². The molecule has 1 fully saturated rings. The highest BCUT2D eigenvalue weighted by molar-refractivity contribution is 6.30. The van der Waals surface area contributed by atoms with Gasteiger partial charge in [-0.3, -0.25) is 9.59 Å². The first-order valence-corrected chi connectivity index (χ1v) is 10.4. The van der Waals surface area contributed by atoms with E-state index >= 15 is 0 Å². The van der Waals surface area contributed by atoms with E-state index < -0.39 is 60.1 Å². The normalized spacial score (nSPS) is 16.6. The smallest absolute Gasteiger partial charge is 0.387 e. The van der Waals surface area contributed by atoms with Crippen molar-refractivity contribution in [2.75, 3.05) is 6.54 Å². The van der Waals surface area contributed by atoms with Crippen LogP contribution < -0.4 is 15.8 Å². The predicted molar refractivity (Wildman–Crippen MR) is 114 cm³/mol. The fraction of sp³-hybridized carbons (Fsp3) is 0.286. The quantitative estimate of drug-likeness (QED) is 0.139. The van der Waals surface area contributed by atoms with Gasteiger partial charge in [0.05, 0.1) is 0 Å². The van der Waals surface area contributed by atoms with Gasteiger partial charge >= 0.3 is 6.61 Å². The van der Waals surface area contributed by atoms with Gasteiger partial charge in [-0.2, -0.15) is 8.78 Å². The molecule has 1 aliphatic heterocycles. The highest BCUT2D eigenvalue weighted by Gasteiger charge is 2.40. The minimum Gasteiger partial charge on any atom is -0.435 e. The number of likely N-dealkylation sites (tertiary alicyclic amines) is 1. The Bertz CT molecular complexity index is 1140. The summed E-state index contributed by atoms with van der Waals surface area (Å²) in [7, 11) is 0. The number of benzene rings is 2. The topological polar surface area (TPSA) is 137 Å². The third kappa shape index (κ3) is 5.92. The van der Waals surface area contributed by atoms with E-state index in [1.54, 1.807) is 0 Å². The number of hydrogen-bond donors (Lipinski definition) is 4. The van der Waals surface area contributed by atoms with Crippen molar-refractivity contribution >= 4 is 29.3 Å². The number of rotatable bonds is 8. The summed E-state index contributed by atoms with van der Waals surface area (Å²) >= 11 is 5.84. The molecule has 188 valence electrons. The number of alkyl halides is 2. The van der Waals surface area contributed by atoms with Crippen LogP contribution in [0.3, 0.4) is 0 Å². The van der Waals surface area contributed by atoms with E-state index in [2.05, 4.69) is 15.2 Å². The Labute approximate surface area is 200 Å². The Kier molecular flexibility index (Phi) is 8.02. The maximum absolute atomic E-state index is 14.2. The lowest BCUT2D eigenvalue weighted by Crippen LogP contribution is -2.59. The average Bonchev–Trinajstić information content (AvgIpc) is 2.75. The summed E-state index contributed by atoms with van der Waals surface area (Å²) in [6, 6.07) is 3.89. The molecule has 14 heteroatoms. The average molecular weight is 519 g/mol. The number of nitrogens with one attached hydrogen (secondary N) is 1. The molecular weight excluding hydrogens is 500 g/mol. The molecule has 0 aromatic heterocycles. The Balaban J connectivity index is 1.66. The van der Waals surface area contributed by atoms with Gasteiger partial charge in [-0.25, -0.2) is 8.78 Å². The number of amidine groups is 1. The summed E-state index contributed by atoms with van der Waals surface area (Å²) in [6.45, 7) is -3.60. The van der Waals surface area contributed by atoms with E-state index in [0.29, 0.717) is 0 Å². The van der Waals surface area contributed by atoms with Gasteiger partial charge in [0.15, 0.2) is 11.9 Å². The lowest BCUT2D eigenvalue weighted by atomic mass is 9.98. The van der Waals surface area contributed by atoms with Crippen LogP contribution in [0.25, 0.3) is 0 Å². The van der Waals surface area contributed by atoms with Crippen molar-refractivity contribution < 1.29 is 42.2 Å². The van der Waals surface area contributed by atoms with Gasteiger partial charge in [-0.05, 0) is 42.3 Å². The van der Waals surface area contributed by atoms with Crippen LogP contribution in [0.2, 0.25) is 5.02 Å². The first kappa shape index (κ1) is 26.0. The van der Waals surface area contributed by atoms with Gasteiger partial charge in [0.2, 0.25) is 5.91 Å². The van der Waals surface area contributed by atoms with Crippen molar-refractivity contribution in [1.29, 1.82) is 0 Å². The van der Waals surface area contributed by atoms with E-state index in [0.717, 1.165) is 29.2 Å². The number of carbonyl (C=O) groups excluding carboxylic acids is 2. The second-order valence-electron chi connectivity index (χ2n) is 7.46. The van der Waals surface area contributed by atoms with E-state index in [1.807, 2.05) is 0 Å². The van der Waals surface area contributed by atoms with E-state index in [9.17, 15) is 32.3 Å². The molecule has 35 heavy (non-hydrogen) atoms. The standard InChI is InChI=1S/C21H19ClF4N4O5/c22-11-3-9(4-12(7-11)35-21(25)26)17(31)20(33)30-2-1-16(30)19(32)28-8-13-14(23)5-10(6-15(13)24)18(27)29-34/h3-7,16-17,21,31,34H,1-2,8H2,(H2,27,29)(H,28,32). The molecule has 0 saturated carbocycles. The zero-order valence-electron chi connectivity index (χ0n) is 17.7. The summed E-state index contributed by atoms with van der Waals surface area (Å²) in [5.41, 5.74) is 4.49. The molecule has 3 rings (SSSR count). The maximum Gasteiger partial charge on any atom is 0.387 e. The largest absolute Gasteiger partial charge is 0.435 e. The van der Waals surface area contributed by atoms with Crippen LogP contribution >= 0.6 is 11.6 Å². The molecule has 2 aromatic carbocycles. The monoisotopic (exact) mass is 518 g/mol. The Morgan fingerprint density at radius 1 is 1.23 bits per heavy atom. The van der Waals surface area contributed by atoms with Crippen molar-refractivity contribution in [3.05, 3.63) is 63.7 Å². The number of carbonyl (C=O) groups is 2. The van der Waals surface area contributed by atoms with Crippen LogP contribution in [0.4, 0.5) is 17.6 Å². The number of halogens is 5. The van der Waals surface area contributed by atoms with E-state index in [1.165, 1.54) is 6.07 Å². The minimum absolute atomic E-state index is 0.0648. The molecule has 1 heterocycles. The summed E-state index contributed by atoms with van der Waals surface area (Å²) in [4.78, 5) is 26.2. The van der Waals surface area contributed by atoms with Crippen molar-refractivity contribution in [2.45, 2.75) is 31.7 Å².